The molecule has 0 bridgehead atoms. The van der Waals surface area contributed by atoms with Gasteiger partial charge in [-0.15, -0.1) is 5.10 Å². The van der Waals surface area contributed by atoms with E-state index in [1.54, 1.807) is 17.7 Å². The fourth-order valence-corrected chi connectivity index (χ4v) is 2.99. The Balaban J connectivity index is 1.47. The van der Waals surface area contributed by atoms with E-state index in [-0.39, 0.29) is 17.9 Å². The summed E-state index contributed by atoms with van der Waals surface area (Å²) in [6.45, 7) is 3.60. The van der Waals surface area contributed by atoms with Gasteiger partial charge in [-0.3, -0.25) is 9.59 Å². The van der Waals surface area contributed by atoms with Crippen molar-refractivity contribution in [1.82, 2.24) is 25.2 Å². The molecule has 136 valence electrons. The summed E-state index contributed by atoms with van der Waals surface area (Å²) >= 11 is 0. The normalized spacial score (nSPS) is 15.3. The van der Waals surface area contributed by atoms with Crippen LogP contribution in [0, 0.1) is 0 Å². The van der Waals surface area contributed by atoms with Gasteiger partial charge in [0.2, 0.25) is 11.8 Å². The highest BCUT2D eigenvalue weighted by Gasteiger charge is 2.21. The van der Waals surface area contributed by atoms with E-state index in [9.17, 15) is 9.59 Å². The van der Waals surface area contributed by atoms with Crippen LogP contribution in [0.1, 0.15) is 31.0 Å². The molecule has 7 heteroatoms. The molecule has 0 spiro atoms. The molecular formula is C19H23N5O2. The fraction of sp³-hybridized carbons (Fsp3) is 0.368. The molecule has 0 unspecified atom stereocenters. The zero-order valence-electron chi connectivity index (χ0n) is 14.8. The lowest BCUT2D eigenvalue weighted by atomic mass is 10.1. The van der Waals surface area contributed by atoms with Crippen molar-refractivity contribution < 1.29 is 9.59 Å². The second-order valence-corrected chi connectivity index (χ2v) is 6.45. The zero-order chi connectivity index (χ0) is 18.4. The first-order valence-electron chi connectivity index (χ1n) is 8.78. The largest absolute Gasteiger partial charge is 0.350 e. The molecule has 1 aliphatic heterocycles. The summed E-state index contributed by atoms with van der Waals surface area (Å²) in [5, 5.41) is 11.1. The molecule has 2 amide bonds. The summed E-state index contributed by atoms with van der Waals surface area (Å²) in [6.07, 6.45) is 6.52. The summed E-state index contributed by atoms with van der Waals surface area (Å²) in [5.74, 6) is -0.0582. The number of nitrogens with one attached hydrogen (secondary N) is 1. The molecule has 1 aromatic heterocycles. The molecule has 0 radical (unpaired) electrons. The monoisotopic (exact) mass is 353 g/mol. The van der Waals surface area contributed by atoms with Crippen molar-refractivity contribution in [3.8, 4) is 0 Å². The predicted molar refractivity (Wildman–Crippen MR) is 98.0 cm³/mol. The third kappa shape index (κ3) is 5.02. The predicted octanol–water partition coefficient (Wildman–Crippen LogP) is 1.47. The number of amides is 2. The Kier molecular flexibility index (Phi) is 5.78. The van der Waals surface area contributed by atoms with E-state index in [0.29, 0.717) is 25.3 Å². The second kappa shape index (κ2) is 8.42. The molecule has 0 saturated carbocycles. The first-order chi connectivity index (χ1) is 12.6. The summed E-state index contributed by atoms with van der Waals surface area (Å²) in [7, 11) is 0. The van der Waals surface area contributed by atoms with Gasteiger partial charge in [0.25, 0.3) is 0 Å². The fourth-order valence-electron chi connectivity index (χ4n) is 2.99. The number of piperidine rings is 1. The number of hydrogen-bond donors (Lipinski definition) is 1. The summed E-state index contributed by atoms with van der Waals surface area (Å²) in [5.41, 5.74) is 1.78. The van der Waals surface area contributed by atoms with Crippen LogP contribution in [0.5, 0.6) is 0 Å². The van der Waals surface area contributed by atoms with E-state index in [1.807, 2.05) is 41.4 Å². The number of likely N-dealkylation sites (tertiary alicyclic amines) is 1. The average Bonchev–Trinajstić information content (AvgIpc) is 3.09. The zero-order valence-corrected chi connectivity index (χ0v) is 14.8. The van der Waals surface area contributed by atoms with Gasteiger partial charge in [0.1, 0.15) is 5.69 Å². The highest BCUT2D eigenvalue weighted by atomic mass is 16.2. The van der Waals surface area contributed by atoms with Crippen LogP contribution in [0.3, 0.4) is 0 Å². The van der Waals surface area contributed by atoms with Crippen LogP contribution in [-0.2, 0) is 16.1 Å². The van der Waals surface area contributed by atoms with Crippen LogP contribution in [0.4, 0.5) is 0 Å². The van der Waals surface area contributed by atoms with Gasteiger partial charge in [-0.05, 0) is 24.5 Å². The van der Waals surface area contributed by atoms with Crippen molar-refractivity contribution in [2.45, 2.75) is 32.4 Å². The van der Waals surface area contributed by atoms with E-state index in [0.717, 1.165) is 18.4 Å². The highest BCUT2D eigenvalue weighted by molar-refractivity contribution is 5.91. The molecule has 0 aliphatic carbocycles. The molecule has 1 fully saturated rings. The molecule has 2 aromatic rings. The number of aromatic nitrogens is 3. The van der Waals surface area contributed by atoms with Gasteiger partial charge in [-0.2, -0.15) is 0 Å². The first kappa shape index (κ1) is 17.8. The third-order valence-corrected chi connectivity index (χ3v) is 4.44. The molecule has 0 atom stereocenters. The lowest BCUT2D eigenvalue weighted by Gasteiger charge is -2.31. The Bertz CT molecular complexity index is 776. The quantitative estimate of drug-likeness (QED) is 0.826. The van der Waals surface area contributed by atoms with Crippen molar-refractivity contribution in [3.63, 3.8) is 0 Å². The topological polar surface area (TPSA) is 80.1 Å². The van der Waals surface area contributed by atoms with Crippen molar-refractivity contribution in [2.24, 2.45) is 0 Å². The molecule has 2 heterocycles. The summed E-state index contributed by atoms with van der Waals surface area (Å²) in [4.78, 5) is 25.2. The van der Waals surface area contributed by atoms with Gasteiger partial charge in [0.15, 0.2) is 0 Å². The Morgan fingerprint density at radius 2 is 1.96 bits per heavy atom. The maximum Gasteiger partial charge on any atom is 0.244 e. The minimum atomic E-state index is -0.149. The van der Waals surface area contributed by atoms with Gasteiger partial charge >= 0.3 is 0 Å². The number of benzene rings is 1. The maximum atomic E-state index is 12.1. The molecule has 3 rings (SSSR count). The first-order valence-corrected chi connectivity index (χ1v) is 8.78. The third-order valence-electron chi connectivity index (χ3n) is 4.44. The van der Waals surface area contributed by atoms with Crippen molar-refractivity contribution in [1.29, 1.82) is 0 Å². The standard InChI is InChI=1S/C19H23N5O2/c1-15(25)23-11-9-17(10-12-23)20-19(26)8-7-18-14-24(22-21-18)13-16-5-3-2-4-6-16/h2-8,14,17H,9-13H2,1H3,(H,20,26)/b8-7+. The SMILES string of the molecule is CC(=O)N1CCC(NC(=O)/C=C/c2cn(Cc3ccccc3)nn2)CC1. The highest BCUT2D eigenvalue weighted by Crippen LogP contribution is 2.10. The van der Waals surface area contributed by atoms with Gasteiger partial charge in [0, 0.05) is 32.1 Å². The Hall–Kier alpha value is -2.96. The van der Waals surface area contributed by atoms with Gasteiger partial charge in [-0.1, -0.05) is 35.5 Å². The van der Waals surface area contributed by atoms with Crippen LogP contribution in [0.2, 0.25) is 0 Å². The summed E-state index contributed by atoms with van der Waals surface area (Å²) < 4.78 is 1.74. The number of carbonyl (C=O) groups excluding carboxylic acids is 2. The second-order valence-electron chi connectivity index (χ2n) is 6.45. The number of carbonyl (C=O) groups is 2. The average molecular weight is 353 g/mol. The van der Waals surface area contributed by atoms with Gasteiger partial charge in [0.05, 0.1) is 12.7 Å². The Labute approximate surface area is 152 Å². The van der Waals surface area contributed by atoms with E-state index in [2.05, 4.69) is 15.6 Å². The van der Waals surface area contributed by atoms with Gasteiger partial charge < -0.3 is 10.2 Å². The molecule has 1 aliphatic rings. The van der Waals surface area contributed by atoms with Gasteiger partial charge in [-0.25, -0.2) is 4.68 Å². The van der Waals surface area contributed by atoms with Crippen molar-refractivity contribution in [3.05, 3.63) is 53.9 Å². The molecule has 7 nitrogen and oxygen atoms in total. The van der Waals surface area contributed by atoms with E-state index in [4.69, 9.17) is 0 Å². The smallest absolute Gasteiger partial charge is 0.244 e. The van der Waals surface area contributed by atoms with Crippen LogP contribution in [0.15, 0.2) is 42.6 Å². The molecular weight excluding hydrogens is 330 g/mol. The van der Waals surface area contributed by atoms with Crippen molar-refractivity contribution >= 4 is 17.9 Å². The number of nitrogens with zero attached hydrogens (tertiary/aromatic N) is 4. The number of rotatable bonds is 5. The van der Waals surface area contributed by atoms with Crippen LogP contribution in [0.25, 0.3) is 6.08 Å². The van der Waals surface area contributed by atoms with Crippen LogP contribution >= 0.6 is 0 Å². The minimum Gasteiger partial charge on any atom is -0.350 e. The lowest BCUT2D eigenvalue weighted by molar-refractivity contribution is -0.129. The Morgan fingerprint density at radius 3 is 2.65 bits per heavy atom. The minimum absolute atomic E-state index is 0.0910. The molecule has 26 heavy (non-hydrogen) atoms. The lowest BCUT2D eigenvalue weighted by Crippen LogP contribution is -2.45. The molecule has 1 saturated heterocycles. The van der Waals surface area contributed by atoms with Crippen molar-refractivity contribution in [2.75, 3.05) is 13.1 Å². The van der Waals surface area contributed by atoms with Crippen LogP contribution in [-0.4, -0.2) is 50.8 Å². The molecule has 1 aromatic carbocycles. The van der Waals surface area contributed by atoms with Crippen LogP contribution < -0.4 is 5.32 Å². The molecule has 1 N–H and O–H groups in total. The number of hydrogen-bond acceptors (Lipinski definition) is 4. The van der Waals surface area contributed by atoms with E-state index in [1.165, 1.54) is 6.08 Å². The Morgan fingerprint density at radius 1 is 1.23 bits per heavy atom. The van der Waals surface area contributed by atoms with E-state index >= 15 is 0 Å². The van der Waals surface area contributed by atoms with E-state index < -0.39 is 0 Å². The summed E-state index contributed by atoms with van der Waals surface area (Å²) in [6, 6.07) is 10.1. The maximum absolute atomic E-state index is 12.1.